The zero-order chi connectivity index (χ0) is 11.0. The van der Waals surface area contributed by atoms with Gasteiger partial charge in [-0.3, -0.25) is 4.79 Å². The Kier molecular flexibility index (Phi) is 2.98. The molecule has 0 spiro atoms. The molecule has 2 aliphatic heterocycles. The lowest BCUT2D eigenvalue weighted by Gasteiger charge is -2.15. The van der Waals surface area contributed by atoms with Crippen LogP contribution in [0.15, 0.2) is 0 Å². The van der Waals surface area contributed by atoms with Crippen molar-refractivity contribution in [1.82, 2.24) is 0 Å². The van der Waals surface area contributed by atoms with Crippen molar-refractivity contribution in [3.63, 3.8) is 0 Å². The molecule has 0 amide bonds. The summed E-state index contributed by atoms with van der Waals surface area (Å²) < 4.78 is 10.7. The summed E-state index contributed by atoms with van der Waals surface area (Å²) >= 11 is 0. The summed E-state index contributed by atoms with van der Waals surface area (Å²) in [6.07, 6.45) is 1.80. The Balaban J connectivity index is 2.04. The average molecular weight is 214 g/mol. The van der Waals surface area contributed by atoms with Crippen LogP contribution in [-0.4, -0.2) is 29.6 Å². The fraction of sp³-hybridized carbons (Fsp3) is 0.909. The number of hydrogen-bond acceptors (Lipinski definition) is 4. The monoisotopic (exact) mass is 214 g/mol. The maximum absolute atomic E-state index is 11.4. The topological polar surface area (TPSA) is 55.8 Å². The molecule has 0 aromatic carbocycles. The molecule has 5 atom stereocenters. The van der Waals surface area contributed by atoms with Crippen LogP contribution in [0.25, 0.3) is 0 Å². The maximum Gasteiger partial charge on any atom is 0.309 e. The molecule has 4 heteroatoms. The lowest BCUT2D eigenvalue weighted by molar-refractivity contribution is -0.156. The smallest absolute Gasteiger partial charge is 0.309 e. The van der Waals surface area contributed by atoms with Crippen LogP contribution in [0, 0.1) is 11.8 Å². The highest BCUT2D eigenvalue weighted by Crippen LogP contribution is 2.41. The molecule has 0 aromatic heterocycles. The van der Waals surface area contributed by atoms with E-state index in [0.717, 1.165) is 19.3 Å². The number of rotatable bonds is 3. The minimum atomic E-state index is -0.835. The van der Waals surface area contributed by atoms with E-state index in [9.17, 15) is 9.90 Å². The van der Waals surface area contributed by atoms with Gasteiger partial charge in [0.05, 0.1) is 17.9 Å². The Morgan fingerprint density at radius 1 is 1.47 bits per heavy atom. The third-order valence-electron chi connectivity index (χ3n) is 3.43. The second-order valence-corrected chi connectivity index (χ2v) is 4.47. The minimum Gasteiger partial charge on any atom is -0.459 e. The van der Waals surface area contributed by atoms with Crippen molar-refractivity contribution in [2.45, 2.75) is 51.6 Å². The number of aliphatic hydroxyl groups is 1. The number of ether oxygens (including phenoxy) is 2. The first-order valence-electron chi connectivity index (χ1n) is 5.69. The number of fused-ring (bicyclic) bond motifs is 1. The van der Waals surface area contributed by atoms with Crippen molar-refractivity contribution in [3.8, 4) is 0 Å². The molecule has 2 aliphatic rings. The first-order chi connectivity index (χ1) is 7.15. The van der Waals surface area contributed by atoms with E-state index in [0.29, 0.717) is 0 Å². The largest absolute Gasteiger partial charge is 0.459 e. The summed E-state index contributed by atoms with van der Waals surface area (Å²) in [5, 5.41) is 9.70. The van der Waals surface area contributed by atoms with Crippen molar-refractivity contribution in [2.75, 3.05) is 0 Å². The number of aliphatic hydroxyl groups excluding tert-OH is 1. The molecule has 0 saturated carbocycles. The lowest BCUT2D eigenvalue weighted by atomic mass is 9.90. The van der Waals surface area contributed by atoms with Gasteiger partial charge in [0.2, 0.25) is 0 Å². The first kappa shape index (κ1) is 10.9. The van der Waals surface area contributed by atoms with Gasteiger partial charge in [0.15, 0.2) is 6.29 Å². The summed E-state index contributed by atoms with van der Waals surface area (Å²) in [6.45, 7) is 3.90. The van der Waals surface area contributed by atoms with Crippen LogP contribution in [0.5, 0.6) is 0 Å². The van der Waals surface area contributed by atoms with Crippen LogP contribution in [-0.2, 0) is 14.3 Å². The first-order valence-corrected chi connectivity index (χ1v) is 5.69. The molecule has 1 unspecified atom stereocenters. The Morgan fingerprint density at radius 3 is 2.87 bits per heavy atom. The van der Waals surface area contributed by atoms with Crippen molar-refractivity contribution >= 4 is 5.97 Å². The van der Waals surface area contributed by atoms with Gasteiger partial charge >= 0.3 is 5.97 Å². The van der Waals surface area contributed by atoms with Gasteiger partial charge in [-0.25, -0.2) is 0 Å². The summed E-state index contributed by atoms with van der Waals surface area (Å²) in [5.74, 6) is -0.607. The van der Waals surface area contributed by atoms with Gasteiger partial charge in [-0.15, -0.1) is 0 Å². The van der Waals surface area contributed by atoms with E-state index in [-0.39, 0.29) is 30.0 Å². The zero-order valence-corrected chi connectivity index (χ0v) is 9.18. The molecule has 2 saturated heterocycles. The Morgan fingerprint density at radius 2 is 2.20 bits per heavy atom. The molecule has 0 aliphatic carbocycles. The molecular weight excluding hydrogens is 196 g/mol. The van der Waals surface area contributed by atoms with Crippen LogP contribution < -0.4 is 0 Å². The quantitative estimate of drug-likeness (QED) is 0.714. The van der Waals surface area contributed by atoms with Crippen molar-refractivity contribution < 1.29 is 19.4 Å². The Bertz CT molecular complexity index is 253. The molecule has 0 bridgehead atoms. The van der Waals surface area contributed by atoms with Gasteiger partial charge < -0.3 is 14.6 Å². The minimum absolute atomic E-state index is 0.112. The molecule has 0 radical (unpaired) electrons. The fourth-order valence-corrected chi connectivity index (χ4v) is 2.48. The SMILES string of the molecule is CCCC[C@H]1OC(O)[C@@H]2[C@H]1OC(=O)[C@H]2C. The standard InChI is InChI=1S/C11H18O4/c1-3-4-5-7-9-8(11(13)14-7)6(2)10(12)15-9/h6-9,11,13H,3-5H2,1-2H3/t6-,7+,8-,9-,11?/m0/s1. The Labute approximate surface area is 89.6 Å². The fourth-order valence-electron chi connectivity index (χ4n) is 2.48. The molecular formula is C11H18O4. The van der Waals surface area contributed by atoms with Gasteiger partial charge in [-0.05, 0) is 6.42 Å². The molecule has 86 valence electrons. The highest BCUT2D eigenvalue weighted by molar-refractivity contribution is 5.75. The summed E-state index contributed by atoms with van der Waals surface area (Å²) in [5.41, 5.74) is 0. The van der Waals surface area contributed by atoms with Crippen LogP contribution in [0.2, 0.25) is 0 Å². The molecule has 1 N–H and O–H groups in total. The van der Waals surface area contributed by atoms with Gasteiger partial charge in [-0.2, -0.15) is 0 Å². The molecule has 15 heavy (non-hydrogen) atoms. The third-order valence-corrected chi connectivity index (χ3v) is 3.43. The van der Waals surface area contributed by atoms with Crippen LogP contribution in [0.3, 0.4) is 0 Å². The van der Waals surface area contributed by atoms with Crippen molar-refractivity contribution in [1.29, 1.82) is 0 Å². The number of carbonyl (C=O) groups excluding carboxylic acids is 1. The predicted molar refractivity (Wildman–Crippen MR) is 52.9 cm³/mol. The molecule has 0 aromatic rings. The van der Waals surface area contributed by atoms with E-state index in [2.05, 4.69) is 6.92 Å². The summed E-state index contributed by atoms with van der Waals surface area (Å²) in [6, 6.07) is 0. The van der Waals surface area contributed by atoms with E-state index >= 15 is 0 Å². The number of esters is 1. The van der Waals surface area contributed by atoms with Gasteiger partial charge in [-0.1, -0.05) is 26.7 Å². The van der Waals surface area contributed by atoms with Crippen LogP contribution in [0.1, 0.15) is 33.1 Å². The molecule has 2 fully saturated rings. The highest BCUT2D eigenvalue weighted by atomic mass is 16.7. The molecule has 2 rings (SSSR count). The van der Waals surface area contributed by atoms with Crippen molar-refractivity contribution in [3.05, 3.63) is 0 Å². The summed E-state index contributed by atoms with van der Waals surface area (Å²) in [4.78, 5) is 11.4. The van der Waals surface area contributed by atoms with E-state index < -0.39 is 6.29 Å². The number of hydrogen-bond donors (Lipinski definition) is 1. The normalized spacial score (nSPS) is 44.2. The van der Waals surface area contributed by atoms with Crippen LogP contribution in [0.4, 0.5) is 0 Å². The van der Waals surface area contributed by atoms with Crippen molar-refractivity contribution in [2.24, 2.45) is 11.8 Å². The van der Waals surface area contributed by atoms with Crippen LogP contribution >= 0.6 is 0 Å². The second kappa shape index (κ2) is 4.10. The Hall–Kier alpha value is -0.610. The highest BCUT2D eigenvalue weighted by Gasteiger charge is 2.55. The van der Waals surface area contributed by atoms with E-state index in [1.807, 2.05) is 0 Å². The van der Waals surface area contributed by atoms with Gasteiger partial charge in [0.1, 0.15) is 6.10 Å². The second-order valence-electron chi connectivity index (χ2n) is 4.47. The molecule has 4 nitrogen and oxygen atoms in total. The van der Waals surface area contributed by atoms with E-state index in [1.54, 1.807) is 6.92 Å². The maximum atomic E-state index is 11.4. The summed E-state index contributed by atoms with van der Waals surface area (Å²) in [7, 11) is 0. The average Bonchev–Trinajstić information content (AvgIpc) is 2.65. The predicted octanol–water partition coefficient (Wildman–Crippen LogP) is 1.07. The van der Waals surface area contributed by atoms with E-state index in [4.69, 9.17) is 9.47 Å². The van der Waals surface area contributed by atoms with E-state index in [1.165, 1.54) is 0 Å². The molecule has 2 heterocycles. The zero-order valence-electron chi connectivity index (χ0n) is 9.18. The van der Waals surface area contributed by atoms with Gasteiger partial charge in [0.25, 0.3) is 0 Å². The lowest BCUT2D eigenvalue weighted by Crippen LogP contribution is -2.26. The van der Waals surface area contributed by atoms with Gasteiger partial charge in [0, 0.05) is 0 Å². The number of carbonyl (C=O) groups is 1. The number of unbranched alkanes of at least 4 members (excludes halogenated alkanes) is 1. The third kappa shape index (κ3) is 1.76.